The van der Waals surface area contributed by atoms with E-state index in [9.17, 15) is 5.11 Å². The van der Waals surface area contributed by atoms with Crippen LogP contribution in [0.4, 0.5) is 5.69 Å². The van der Waals surface area contributed by atoms with Gasteiger partial charge < -0.3 is 20.9 Å². The molecule has 0 unspecified atom stereocenters. The summed E-state index contributed by atoms with van der Waals surface area (Å²) in [6.45, 7) is 0.372. The third-order valence-electron chi connectivity index (χ3n) is 2.77. The number of methoxy groups -OCH3 is 1. The van der Waals surface area contributed by atoms with Gasteiger partial charge in [-0.1, -0.05) is 23.7 Å². The Morgan fingerprint density at radius 3 is 2.73 bits per heavy atom. The fourth-order valence-electron chi connectivity index (χ4n) is 1.76. The number of benzene rings is 2. The highest BCUT2D eigenvalue weighted by atomic mass is 127. The Bertz CT molecular complexity index is 665. The quantitative estimate of drug-likeness (QED) is 0.391. The monoisotopic (exact) mass is 433 g/mol. The topological polar surface area (TPSA) is 79.9 Å². The second-order valence-corrected chi connectivity index (χ2v) is 4.75. The van der Waals surface area contributed by atoms with Gasteiger partial charge in [0.25, 0.3) is 0 Å². The summed E-state index contributed by atoms with van der Waals surface area (Å²) in [6.07, 6.45) is 0. The highest BCUT2D eigenvalue weighted by molar-refractivity contribution is 14.0. The highest BCUT2D eigenvalue weighted by Gasteiger charge is 2.02. The van der Waals surface area contributed by atoms with Crippen LogP contribution in [-0.4, -0.2) is 18.2 Å². The van der Waals surface area contributed by atoms with Crippen LogP contribution in [0.15, 0.2) is 47.5 Å². The van der Waals surface area contributed by atoms with Gasteiger partial charge in [0.15, 0.2) is 5.96 Å². The zero-order valence-corrected chi connectivity index (χ0v) is 15.0. The van der Waals surface area contributed by atoms with E-state index in [1.165, 1.54) is 0 Å². The van der Waals surface area contributed by atoms with Crippen molar-refractivity contribution in [3.8, 4) is 11.5 Å². The molecule has 5 nitrogen and oxygen atoms in total. The van der Waals surface area contributed by atoms with Gasteiger partial charge in [0.1, 0.15) is 11.5 Å². The molecule has 0 radical (unpaired) electrons. The number of halogens is 2. The summed E-state index contributed by atoms with van der Waals surface area (Å²) in [4.78, 5) is 4.20. The van der Waals surface area contributed by atoms with Crippen molar-refractivity contribution >= 4 is 47.2 Å². The third kappa shape index (κ3) is 5.27. The molecule has 0 atom stereocenters. The van der Waals surface area contributed by atoms with E-state index in [4.69, 9.17) is 22.1 Å². The zero-order valence-electron chi connectivity index (χ0n) is 11.9. The molecular weight excluding hydrogens is 417 g/mol. The minimum Gasteiger partial charge on any atom is -0.508 e. The first kappa shape index (κ1) is 18.4. The zero-order chi connectivity index (χ0) is 15.2. The number of anilines is 1. The van der Waals surface area contributed by atoms with E-state index in [-0.39, 0.29) is 35.7 Å². The van der Waals surface area contributed by atoms with Gasteiger partial charge in [0.05, 0.1) is 18.7 Å². The summed E-state index contributed by atoms with van der Waals surface area (Å²) in [7, 11) is 1.55. The van der Waals surface area contributed by atoms with Gasteiger partial charge in [-0.15, -0.1) is 24.0 Å². The number of phenolic OH excluding ortho intramolecular Hbond substituents is 1. The molecule has 0 aliphatic carbocycles. The number of nitrogens with zero attached hydrogens (tertiary/aromatic N) is 1. The lowest BCUT2D eigenvalue weighted by atomic mass is 10.2. The summed E-state index contributed by atoms with van der Waals surface area (Å²) in [6, 6.07) is 12.1. The number of ether oxygens (including phenoxy) is 1. The first-order chi connectivity index (χ1) is 10.1. The molecule has 0 saturated heterocycles. The average Bonchev–Trinajstić information content (AvgIpc) is 2.45. The van der Waals surface area contributed by atoms with Crippen molar-refractivity contribution in [2.45, 2.75) is 6.54 Å². The second-order valence-electron chi connectivity index (χ2n) is 4.35. The van der Waals surface area contributed by atoms with Crippen LogP contribution < -0.4 is 15.8 Å². The molecule has 0 heterocycles. The SMILES string of the molecule is COc1ccc(NC(N)=NCc2cccc(O)c2)cc1Cl.I. The molecule has 0 aliphatic rings. The lowest BCUT2D eigenvalue weighted by Crippen LogP contribution is -2.22. The van der Waals surface area contributed by atoms with Crippen LogP contribution in [0.5, 0.6) is 11.5 Å². The summed E-state index contributed by atoms with van der Waals surface area (Å²) in [5, 5.41) is 12.8. The van der Waals surface area contributed by atoms with Crippen LogP contribution in [0.1, 0.15) is 5.56 Å². The van der Waals surface area contributed by atoms with Gasteiger partial charge in [-0.3, -0.25) is 0 Å². The summed E-state index contributed by atoms with van der Waals surface area (Å²) in [5.41, 5.74) is 7.40. The molecule has 2 rings (SSSR count). The normalized spacial score (nSPS) is 10.7. The Labute approximate surface area is 151 Å². The molecule has 2 aromatic carbocycles. The summed E-state index contributed by atoms with van der Waals surface area (Å²) >= 11 is 6.03. The fraction of sp³-hybridized carbons (Fsp3) is 0.133. The van der Waals surface area contributed by atoms with Gasteiger partial charge >= 0.3 is 0 Å². The molecule has 2 aromatic rings. The largest absolute Gasteiger partial charge is 0.508 e. The summed E-state index contributed by atoms with van der Waals surface area (Å²) < 4.78 is 5.08. The van der Waals surface area contributed by atoms with Crippen molar-refractivity contribution in [2.75, 3.05) is 12.4 Å². The Morgan fingerprint density at radius 2 is 2.09 bits per heavy atom. The van der Waals surface area contributed by atoms with Crippen molar-refractivity contribution in [1.29, 1.82) is 0 Å². The predicted molar refractivity (Wildman–Crippen MR) is 100 cm³/mol. The van der Waals surface area contributed by atoms with E-state index in [0.29, 0.717) is 17.3 Å². The molecule has 0 amide bonds. The van der Waals surface area contributed by atoms with Gasteiger partial charge in [-0.05, 0) is 35.9 Å². The van der Waals surface area contributed by atoms with Crippen LogP contribution in [0.25, 0.3) is 0 Å². The molecule has 0 aromatic heterocycles. The molecule has 0 aliphatic heterocycles. The van der Waals surface area contributed by atoms with Crippen LogP contribution >= 0.6 is 35.6 Å². The number of hydrogen-bond acceptors (Lipinski definition) is 3. The van der Waals surface area contributed by atoms with Gasteiger partial charge in [0.2, 0.25) is 0 Å². The Morgan fingerprint density at radius 1 is 1.32 bits per heavy atom. The number of aromatic hydroxyl groups is 1. The standard InChI is InChI=1S/C15H16ClN3O2.HI/c1-21-14-6-5-11(8-13(14)16)19-15(17)18-9-10-3-2-4-12(20)7-10;/h2-8,20H,9H2,1H3,(H3,17,18,19);1H. The van der Waals surface area contributed by atoms with E-state index in [1.807, 2.05) is 6.07 Å². The third-order valence-corrected chi connectivity index (χ3v) is 3.06. The maximum atomic E-state index is 9.37. The number of rotatable bonds is 4. The summed E-state index contributed by atoms with van der Waals surface area (Å²) in [5.74, 6) is 1.06. The molecule has 118 valence electrons. The van der Waals surface area contributed by atoms with Gasteiger partial charge in [-0.2, -0.15) is 0 Å². The molecule has 7 heteroatoms. The Balaban J connectivity index is 0.00000242. The number of nitrogens with two attached hydrogens (primary N) is 1. The van der Waals surface area contributed by atoms with Gasteiger partial charge in [-0.25, -0.2) is 4.99 Å². The number of phenols is 1. The smallest absolute Gasteiger partial charge is 0.193 e. The maximum Gasteiger partial charge on any atom is 0.193 e. The van der Waals surface area contributed by atoms with E-state index in [2.05, 4.69) is 10.3 Å². The van der Waals surface area contributed by atoms with E-state index >= 15 is 0 Å². The van der Waals surface area contributed by atoms with E-state index < -0.39 is 0 Å². The van der Waals surface area contributed by atoms with Crippen LogP contribution in [0.2, 0.25) is 5.02 Å². The molecule has 0 bridgehead atoms. The van der Waals surface area contributed by atoms with Crippen molar-refractivity contribution < 1.29 is 9.84 Å². The van der Waals surface area contributed by atoms with Crippen molar-refractivity contribution in [3.05, 3.63) is 53.1 Å². The van der Waals surface area contributed by atoms with Crippen LogP contribution in [0.3, 0.4) is 0 Å². The van der Waals surface area contributed by atoms with Crippen molar-refractivity contribution in [2.24, 2.45) is 10.7 Å². The molecule has 0 fully saturated rings. The van der Waals surface area contributed by atoms with E-state index in [1.54, 1.807) is 43.5 Å². The fourth-order valence-corrected chi connectivity index (χ4v) is 2.02. The lowest BCUT2D eigenvalue weighted by Gasteiger charge is -2.08. The first-order valence-electron chi connectivity index (χ1n) is 6.27. The first-order valence-corrected chi connectivity index (χ1v) is 6.64. The predicted octanol–water partition coefficient (Wildman–Crippen LogP) is 3.60. The maximum absolute atomic E-state index is 9.37. The second kappa shape index (κ2) is 8.70. The molecular formula is C15H17ClIN3O2. The molecule has 0 spiro atoms. The molecule has 4 N–H and O–H groups in total. The molecule has 0 saturated carbocycles. The van der Waals surface area contributed by atoms with Crippen molar-refractivity contribution in [1.82, 2.24) is 0 Å². The lowest BCUT2D eigenvalue weighted by molar-refractivity contribution is 0.415. The Kier molecular flexibility index (Phi) is 7.26. The number of guanidine groups is 1. The van der Waals surface area contributed by atoms with Crippen LogP contribution in [-0.2, 0) is 6.54 Å². The number of hydrogen-bond donors (Lipinski definition) is 3. The molecule has 22 heavy (non-hydrogen) atoms. The highest BCUT2D eigenvalue weighted by Crippen LogP contribution is 2.27. The van der Waals surface area contributed by atoms with Gasteiger partial charge in [0, 0.05) is 5.69 Å². The average molecular weight is 434 g/mol. The van der Waals surface area contributed by atoms with Crippen LogP contribution in [0, 0.1) is 0 Å². The number of nitrogens with one attached hydrogen (secondary N) is 1. The minimum absolute atomic E-state index is 0. The minimum atomic E-state index is 0. The van der Waals surface area contributed by atoms with E-state index in [0.717, 1.165) is 11.3 Å². The number of aliphatic imine (C=N–C) groups is 1. The van der Waals surface area contributed by atoms with Crippen molar-refractivity contribution in [3.63, 3.8) is 0 Å². The Hall–Kier alpha value is -1.67.